The average Bonchev–Trinajstić information content (AvgIpc) is 2.69. The minimum Gasteiger partial charge on any atom is -0.373 e. The predicted octanol–water partition coefficient (Wildman–Crippen LogP) is 0.964. The first-order chi connectivity index (χ1) is 6.34. The Morgan fingerprint density at radius 1 is 1.62 bits per heavy atom. The van der Waals surface area contributed by atoms with Crippen LogP contribution in [0.1, 0.15) is 12.8 Å². The van der Waals surface area contributed by atoms with Gasteiger partial charge in [0.15, 0.2) is 5.78 Å². The number of nitrogens with zero attached hydrogens (tertiary/aromatic N) is 1. The van der Waals surface area contributed by atoms with Crippen molar-refractivity contribution in [3.63, 3.8) is 0 Å². The maximum atomic E-state index is 11.1. The predicted molar refractivity (Wildman–Crippen MR) is 50.1 cm³/mol. The number of ketones is 1. The molecule has 0 bridgehead atoms. The van der Waals surface area contributed by atoms with E-state index in [2.05, 4.69) is 11.1 Å². The number of rotatable bonds is 1. The lowest BCUT2D eigenvalue weighted by Crippen LogP contribution is -2.49. The van der Waals surface area contributed by atoms with E-state index in [1.807, 2.05) is 0 Å². The number of hydrogen-bond acceptors (Lipinski definition) is 4. The van der Waals surface area contributed by atoms with Crippen molar-refractivity contribution in [1.82, 2.24) is 4.90 Å². The Balaban J connectivity index is 1.73. The van der Waals surface area contributed by atoms with Crippen LogP contribution in [-0.2, 0) is 9.53 Å². The molecule has 0 aliphatic carbocycles. The normalized spacial score (nSPS) is 37.4. The number of ether oxygens (including phenoxy) is 1. The van der Waals surface area contributed by atoms with E-state index in [9.17, 15) is 4.79 Å². The fourth-order valence-corrected chi connectivity index (χ4v) is 3.21. The van der Waals surface area contributed by atoms with Crippen molar-refractivity contribution in [3.05, 3.63) is 11.1 Å². The zero-order valence-electron chi connectivity index (χ0n) is 7.23. The summed E-state index contributed by atoms with van der Waals surface area (Å²) in [5.74, 6) is 0.356. The van der Waals surface area contributed by atoms with Crippen LogP contribution in [0.15, 0.2) is 11.1 Å². The monoisotopic (exact) mass is 197 g/mol. The molecule has 2 saturated heterocycles. The molecule has 0 N–H and O–H groups in total. The summed E-state index contributed by atoms with van der Waals surface area (Å²) in [7, 11) is 0. The van der Waals surface area contributed by atoms with E-state index < -0.39 is 0 Å². The molecule has 3 aliphatic rings. The van der Waals surface area contributed by atoms with E-state index in [4.69, 9.17) is 4.74 Å². The summed E-state index contributed by atoms with van der Waals surface area (Å²) in [6.45, 7) is 1.48. The van der Waals surface area contributed by atoms with Crippen molar-refractivity contribution in [2.75, 3.05) is 13.2 Å². The lowest BCUT2D eigenvalue weighted by Gasteiger charge is -2.32. The molecule has 3 aliphatic heterocycles. The van der Waals surface area contributed by atoms with Crippen LogP contribution in [0.4, 0.5) is 0 Å². The van der Waals surface area contributed by atoms with Gasteiger partial charge < -0.3 is 9.64 Å². The van der Waals surface area contributed by atoms with E-state index in [-0.39, 0.29) is 11.5 Å². The molecule has 1 unspecified atom stereocenters. The van der Waals surface area contributed by atoms with Crippen molar-refractivity contribution in [2.45, 2.75) is 24.3 Å². The first-order valence-corrected chi connectivity index (χ1v) is 5.51. The molecular formula is C9H11NO2S. The molecule has 3 rings (SSSR count). The van der Waals surface area contributed by atoms with Crippen LogP contribution in [0.3, 0.4) is 0 Å². The third-order valence-corrected chi connectivity index (χ3v) is 4.10. The molecule has 3 nitrogen and oxygen atoms in total. The third kappa shape index (κ3) is 1.12. The lowest BCUT2D eigenvalue weighted by atomic mass is 10.2. The van der Waals surface area contributed by atoms with Crippen LogP contribution in [0.25, 0.3) is 0 Å². The van der Waals surface area contributed by atoms with Gasteiger partial charge in [-0.05, 0) is 12.8 Å². The largest absolute Gasteiger partial charge is 0.373 e. The fraction of sp³-hybridized carbons (Fsp3) is 0.667. The maximum absolute atomic E-state index is 11.1. The first kappa shape index (κ1) is 7.88. The van der Waals surface area contributed by atoms with Crippen LogP contribution >= 0.6 is 11.8 Å². The second-order valence-corrected chi connectivity index (χ2v) is 4.80. The highest BCUT2D eigenvalue weighted by Gasteiger charge is 2.43. The number of carbonyl (C=O) groups is 1. The van der Waals surface area contributed by atoms with Crippen molar-refractivity contribution in [2.24, 2.45) is 0 Å². The van der Waals surface area contributed by atoms with Crippen LogP contribution in [0, 0.1) is 0 Å². The Hall–Kier alpha value is -0.480. The standard InChI is InChI=1S/C9H11NO2S/c11-6-4-10-5-8(13-9(6)10)7-2-1-3-12-7/h5,7,9H,1-4H2/t7-,9?/m1/s1. The smallest absolute Gasteiger partial charge is 0.185 e. The lowest BCUT2D eigenvalue weighted by molar-refractivity contribution is -0.128. The van der Waals surface area contributed by atoms with Crippen molar-refractivity contribution >= 4 is 17.5 Å². The second kappa shape index (κ2) is 2.75. The first-order valence-electron chi connectivity index (χ1n) is 4.63. The molecular weight excluding hydrogens is 186 g/mol. The van der Waals surface area contributed by atoms with Crippen LogP contribution in [0.5, 0.6) is 0 Å². The summed E-state index contributed by atoms with van der Waals surface area (Å²) >= 11 is 1.68. The number of Topliss-reactive ketones (excluding diaryl/α,β-unsaturated/α-hetero) is 1. The van der Waals surface area contributed by atoms with Gasteiger partial charge in [-0.1, -0.05) is 11.8 Å². The molecule has 2 atom stereocenters. The van der Waals surface area contributed by atoms with Gasteiger partial charge in [-0.3, -0.25) is 4.79 Å². The number of thioether (sulfide) groups is 1. The molecule has 13 heavy (non-hydrogen) atoms. The highest BCUT2D eigenvalue weighted by Crippen LogP contribution is 2.42. The summed E-state index contributed by atoms with van der Waals surface area (Å²) in [5.41, 5.74) is 0. The highest BCUT2D eigenvalue weighted by molar-refractivity contribution is 8.04. The summed E-state index contributed by atoms with van der Waals surface area (Å²) in [4.78, 5) is 14.5. The van der Waals surface area contributed by atoms with E-state index in [1.165, 1.54) is 4.91 Å². The van der Waals surface area contributed by atoms with Gasteiger partial charge in [0.25, 0.3) is 0 Å². The zero-order chi connectivity index (χ0) is 8.84. The number of fused-ring (bicyclic) bond motifs is 1. The van der Waals surface area contributed by atoms with Crippen molar-refractivity contribution in [3.8, 4) is 0 Å². The maximum Gasteiger partial charge on any atom is 0.185 e. The molecule has 0 radical (unpaired) electrons. The molecule has 0 aromatic carbocycles. The zero-order valence-corrected chi connectivity index (χ0v) is 8.05. The summed E-state index contributed by atoms with van der Waals surface area (Å²) < 4.78 is 5.57. The third-order valence-electron chi connectivity index (χ3n) is 2.70. The molecule has 0 aromatic heterocycles. The fourth-order valence-electron chi connectivity index (χ4n) is 1.94. The van der Waals surface area contributed by atoms with Gasteiger partial charge in [0.1, 0.15) is 5.37 Å². The number of carbonyl (C=O) groups excluding carboxylic acids is 1. The van der Waals surface area contributed by atoms with Gasteiger partial charge in [0.05, 0.1) is 12.6 Å². The Kier molecular flexibility index (Phi) is 1.67. The van der Waals surface area contributed by atoms with Gasteiger partial charge in [-0.25, -0.2) is 0 Å². The topological polar surface area (TPSA) is 29.5 Å². The Bertz CT molecular complexity index is 283. The molecule has 4 heteroatoms. The van der Waals surface area contributed by atoms with Crippen molar-refractivity contribution < 1.29 is 9.53 Å². The van der Waals surface area contributed by atoms with Gasteiger partial charge in [0, 0.05) is 17.7 Å². The quantitative estimate of drug-likeness (QED) is 0.626. The van der Waals surface area contributed by atoms with Crippen molar-refractivity contribution in [1.29, 1.82) is 0 Å². The van der Waals surface area contributed by atoms with E-state index in [0.29, 0.717) is 12.3 Å². The average molecular weight is 197 g/mol. The molecule has 0 saturated carbocycles. The van der Waals surface area contributed by atoms with Crippen LogP contribution < -0.4 is 0 Å². The molecule has 0 amide bonds. The summed E-state index contributed by atoms with van der Waals surface area (Å²) in [5, 5.41) is 0.0965. The number of hydrogen-bond donors (Lipinski definition) is 0. The van der Waals surface area contributed by atoms with Gasteiger partial charge in [-0.2, -0.15) is 0 Å². The summed E-state index contributed by atoms with van der Waals surface area (Å²) in [6.07, 6.45) is 4.66. The minimum absolute atomic E-state index is 0.0965. The molecule has 0 aromatic rings. The van der Waals surface area contributed by atoms with E-state index in [1.54, 1.807) is 11.8 Å². The van der Waals surface area contributed by atoms with E-state index in [0.717, 1.165) is 19.4 Å². The highest BCUT2D eigenvalue weighted by atomic mass is 32.2. The Morgan fingerprint density at radius 3 is 3.15 bits per heavy atom. The van der Waals surface area contributed by atoms with E-state index >= 15 is 0 Å². The minimum atomic E-state index is 0.0965. The van der Waals surface area contributed by atoms with Gasteiger partial charge in [-0.15, -0.1) is 0 Å². The molecule has 0 spiro atoms. The SMILES string of the molecule is O=C1CN2C=C([C@H]3CCCO3)SC12. The van der Waals surface area contributed by atoms with Gasteiger partial charge >= 0.3 is 0 Å². The van der Waals surface area contributed by atoms with Crippen LogP contribution in [-0.4, -0.2) is 35.3 Å². The molecule has 70 valence electrons. The van der Waals surface area contributed by atoms with Crippen LogP contribution in [0.2, 0.25) is 0 Å². The van der Waals surface area contributed by atoms with Gasteiger partial charge in [0.2, 0.25) is 0 Å². The molecule has 2 fully saturated rings. The second-order valence-electron chi connectivity index (χ2n) is 3.64. The molecule has 3 heterocycles. The Morgan fingerprint density at radius 2 is 2.54 bits per heavy atom. The Labute approximate surface area is 81.1 Å². The summed E-state index contributed by atoms with van der Waals surface area (Å²) in [6, 6.07) is 0.